The second kappa shape index (κ2) is 13.2. The number of carbonyl (C=O) groups is 2. The van der Waals surface area contributed by atoms with Gasteiger partial charge >= 0.3 is 10.2 Å². The number of rotatable bonds is 11. The summed E-state index contributed by atoms with van der Waals surface area (Å²) in [5, 5.41) is 3.17. The van der Waals surface area contributed by atoms with E-state index in [9.17, 15) is 18.0 Å². The van der Waals surface area contributed by atoms with Crippen molar-refractivity contribution in [1.29, 1.82) is 0 Å². The number of amides is 2. The Morgan fingerprint density at radius 1 is 1.00 bits per heavy atom. The van der Waals surface area contributed by atoms with Crippen LogP contribution in [0.4, 0.5) is 5.69 Å². The smallest absolute Gasteiger partial charge is 0.304 e. The number of hydrogen-bond donors (Lipinski definition) is 1. The molecule has 208 valence electrons. The molecule has 1 unspecified atom stereocenters. The second-order valence-corrected chi connectivity index (χ2v) is 12.4. The van der Waals surface area contributed by atoms with Crippen LogP contribution >= 0.6 is 0 Å². The molecule has 0 bridgehead atoms. The summed E-state index contributed by atoms with van der Waals surface area (Å²) in [6.45, 7) is 5.39. The highest BCUT2D eigenvalue weighted by atomic mass is 32.2. The van der Waals surface area contributed by atoms with Gasteiger partial charge in [0.1, 0.15) is 12.6 Å². The van der Waals surface area contributed by atoms with Crippen molar-refractivity contribution in [1.82, 2.24) is 14.5 Å². The Morgan fingerprint density at radius 3 is 2.26 bits per heavy atom. The summed E-state index contributed by atoms with van der Waals surface area (Å²) in [5.41, 5.74) is 2.95. The highest BCUT2D eigenvalue weighted by Crippen LogP contribution is 2.26. The maximum Gasteiger partial charge on any atom is 0.304 e. The zero-order valence-corrected chi connectivity index (χ0v) is 24.1. The topological polar surface area (TPSA) is 90.0 Å². The predicted molar refractivity (Wildman–Crippen MR) is 152 cm³/mol. The van der Waals surface area contributed by atoms with Gasteiger partial charge in [0, 0.05) is 26.7 Å². The van der Waals surface area contributed by atoms with Crippen molar-refractivity contribution in [2.45, 2.75) is 77.9 Å². The molecule has 3 rings (SSSR count). The lowest BCUT2D eigenvalue weighted by Crippen LogP contribution is -2.54. The molecule has 0 aromatic heterocycles. The van der Waals surface area contributed by atoms with Crippen LogP contribution in [0.3, 0.4) is 0 Å². The SMILES string of the molecule is CCC(C(=O)NC1CCCCC1)N(Cc1ccccc1)C(=O)CN(c1cc(C)ccc1C)S(=O)(=O)N(C)C. The highest BCUT2D eigenvalue weighted by molar-refractivity contribution is 7.90. The maximum absolute atomic E-state index is 14.0. The van der Waals surface area contributed by atoms with Crippen LogP contribution in [-0.4, -0.2) is 62.2 Å². The van der Waals surface area contributed by atoms with Gasteiger partial charge in [0.05, 0.1) is 5.69 Å². The van der Waals surface area contributed by atoms with E-state index in [0.717, 1.165) is 51.0 Å². The second-order valence-electron chi connectivity index (χ2n) is 10.4. The average molecular weight is 543 g/mol. The van der Waals surface area contributed by atoms with Crippen molar-refractivity contribution in [3.8, 4) is 0 Å². The van der Waals surface area contributed by atoms with Crippen LogP contribution in [0.15, 0.2) is 48.5 Å². The van der Waals surface area contributed by atoms with Gasteiger partial charge in [0.2, 0.25) is 11.8 Å². The lowest BCUT2D eigenvalue weighted by atomic mass is 9.95. The van der Waals surface area contributed by atoms with Crippen LogP contribution in [0.25, 0.3) is 0 Å². The van der Waals surface area contributed by atoms with Crippen molar-refractivity contribution >= 4 is 27.7 Å². The number of anilines is 1. The van der Waals surface area contributed by atoms with Gasteiger partial charge in [-0.15, -0.1) is 0 Å². The first kappa shape index (κ1) is 29.6. The van der Waals surface area contributed by atoms with E-state index in [1.165, 1.54) is 25.4 Å². The average Bonchev–Trinajstić information content (AvgIpc) is 2.89. The number of carbonyl (C=O) groups excluding carboxylic acids is 2. The number of nitrogens with one attached hydrogen (secondary N) is 1. The van der Waals surface area contributed by atoms with Gasteiger partial charge < -0.3 is 10.2 Å². The fourth-order valence-corrected chi connectivity index (χ4v) is 6.05. The molecule has 2 aromatic rings. The molecule has 1 aliphatic carbocycles. The lowest BCUT2D eigenvalue weighted by Gasteiger charge is -2.35. The molecule has 1 N–H and O–H groups in total. The summed E-state index contributed by atoms with van der Waals surface area (Å²) in [6, 6.07) is 14.4. The number of aryl methyl sites for hydroxylation is 2. The van der Waals surface area contributed by atoms with Crippen LogP contribution in [0.2, 0.25) is 0 Å². The molecule has 38 heavy (non-hydrogen) atoms. The fourth-order valence-electron chi connectivity index (χ4n) is 4.93. The Morgan fingerprint density at radius 2 is 1.66 bits per heavy atom. The third kappa shape index (κ3) is 7.35. The van der Waals surface area contributed by atoms with E-state index in [1.807, 2.05) is 63.2 Å². The Hall–Kier alpha value is -2.91. The molecule has 1 aliphatic rings. The minimum Gasteiger partial charge on any atom is -0.352 e. The lowest BCUT2D eigenvalue weighted by molar-refractivity contribution is -0.140. The standard InChI is InChI=1S/C29H42N4O4S/c1-6-26(29(35)30-25-15-11-8-12-16-25)32(20-24-13-9-7-10-14-24)28(34)21-33(38(36,37)31(4)5)27-19-22(2)17-18-23(27)3/h7,9-10,13-14,17-19,25-26H,6,8,11-12,15-16,20-21H2,1-5H3,(H,30,35). The molecule has 1 fully saturated rings. The van der Waals surface area contributed by atoms with Crippen molar-refractivity contribution in [2.75, 3.05) is 24.9 Å². The van der Waals surface area contributed by atoms with Crippen LogP contribution < -0.4 is 9.62 Å². The van der Waals surface area contributed by atoms with Gasteiger partial charge in [-0.05, 0) is 55.9 Å². The molecule has 1 saturated carbocycles. The molecule has 0 heterocycles. The monoisotopic (exact) mass is 542 g/mol. The van der Waals surface area contributed by atoms with Gasteiger partial charge in [-0.3, -0.25) is 9.59 Å². The fraction of sp³-hybridized carbons (Fsp3) is 0.517. The molecular formula is C29H42N4O4S. The minimum atomic E-state index is -3.99. The van der Waals surface area contributed by atoms with Crippen LogP contribution in [0.1, 0.15) is 62.1 Å². The molecule has 2 aromatic carbocycles. The van der Waals surface area contributed by atoms with Crippen LogP contribution in [0, 0.1) is 13.8 Å². The Kier molecular flexibility index (Phi) is 10.3. The summed E-state index contributed by atoms with van der Waals surface area (Å²) >= 11 is 0. The first-order valence-corrected chi connectivity index (χ1v) is 14.9. The number of nitrogens with zero attached hydrogens (tertiary/aromatic N) is 3. The van der Waals surface area contributed by atoms with Crippen LogP contribution in [-0.2, 0) is 26.3 Å². The van der Waals surface area contributed by atoms with E-state index in [-0.39, 0.29) is 18.5 Å². The predicted octanol–water partition coefficient (Wildman–Crippen LogP) is 4.17. The maximum atomic E-state index is 14.0. The molecular weight excluding hydrogens is 500 g/mol. The van der Waals surface area contributed by atoms with Gasteiger partial charge in [-0.25, -0.2) is 4.31 Å². The molecule has 9 heteroatoms. The Balaban J connectivity index is 1.97. The van der Waals surface area contributed by atoms with Crippen LogP contribution in [0.5, 0.6) is 0 Å². The third-order valence-electron chi connectivity index (χ3n) is 7.19. The first-order valence-electron chi connectivity index (χ1n) is 13.5. The quantitative estimate of drug-likeness (QED) is 0.462. The van der Waals surface area contributed by atoms with E-state index in [2.05, 4.69) is 5.32 Å². The van der Waals surface area contributed by atoms with E-state index in [0.29, 0.717) is 12.1 Å². The molecule has 0 saturated heterocycles. The molecule has 8 nitrogen and oxygen atoms in total. The van der Waals surface area contributed by atoms with Gasteiger partial charge in [-0.1, -0.05) is 68.7 Å². The summed E-state index contributed by atoms with van der Waals surface area (Å²) in [6.07, 6.45) is 5.65. The van der Waals surface area contributed by atoms with E-state index in [1.54, 1.807) is 6.07 Å². The molecule has 0 radical (unpaired) electrons. The Labute approximate surface area is 228 Å². The number of benzene rings is 2. The third-order valence-corrected chi connectivity index (χ3v) is 8.99. The van der Waals surface area contributed by atoms with Crippen molar-refractivity contribution in [2.24, 2.45) is 0 Å². The van der Waals surface area contributed by atoms with E-state index >= 15 is 0 Å². The van der Waals surface area contributed by atoms with Crippen molar-refractivity contribution in [3.63, 3.8) is 0 Å². The van der Waals surface area contributed by atoms with Gasteiger partial charge in [0.15, 0.2) is 0 Å². The molecule has 0 aliphatic heterocycles. The Bertz CT molecular complexity index is 1190. The van der Waals surface area contributed by atoms with E-state index in [4.69, 9.17) is 0 Å². The summed E-state index contributed by atoms with van der Waals surface area (Å²) in [7, 11) is -1.09. The minimum absolute atomic E-state index is 0.111. The van der Waals surface area contributed by atoms with Crippen molar-refractivity contribution < 1.29 is 18.0 Å². The highest BCUT2D eigenvalue weighted by Gasteiger charge is 2.35. The molecule has 2 amide bonds. The largest absolute Gasteiger partial charge is 0.352 e. The van der Waals surface area contributed by atoms with Gasteiger partial charge in [-0.2, -0.15) is 12.7 Å². The van der Waals surface area contributed by atoms with Crippen molar-refractivity contribution in [3.05, 3.63) is 65.2 Å². The zero-order chi connectivity index (χ0) is 27.9. The summed E-state index contributed by atoms with van der Waals surface area (Å²) in [5.74, 6) is -0.608. The molecule has 1 atom stereocenters. The summed E-state index contributed by atoms with van der Waals surface area (Å²) in [4.78, 5) is 29.0. The number of hydrogen-bond acceptors (Lipinski definition) is 4. The van der Waals surface area contributed by atoms with E-state index < -0.39 is 28.7 Å². The van der Waals surface area contributed by atoms with Gasteiger partial charge in [0.25, 0.3) is 0 Å². The molecule has 0 spiro atoms. The normalized spacial score (nSPS) is 15.2. The first-order chi connectivity index (χ1) is 18.0. The zero-order valence-electron chi connectivity index (χ0n) is 23.3. The summed E-state index contributed by atoms with van der Waals surface area (Å²) < 4.78 is 29.2.